The van der Waals surface area contributed by atoms with E-state index in [1.807, 2.05) is 24.3 Å². The van der Waals surface area contributed by atoms with E-state index in [9.17, 15) is 4.79 Å². The third-order valence-corrected chi connectivity index (χ3v) is 5.55. The monoisotopic (exact) mass is 365 g/mol. The average molecular weight is 365 g/mol. The Bertz CT molecular complexity index is 853. The second kappa shape index (κ2) is 7.73. The van der Waals surface area contributed by atoms with Gasteiger partial charge in [0.25, 0.3) is 0 Å². The summed E-state index contributed by atoms with van der Waals surface area (Å²) in [6.45, 7) is 6.02. The van der Waals surface area contributed by atoms with Crippen molar-refractivity contribution in [2.75, 3.05) is 33.4 Å². The molecule has 0 bridgehead atoms. The van der Waals surface area contributed by atoms with Gasteiger partial charge in [-0.25, -0.2) is 0 Å². The van der Waals surface area contributed by atoms with Crippen molar-refractivity contribution in [3.63, 3.8) is 0 Å². The molecule has 4 rings (SSSR count). The number of methoxy groups -OCH3 is 1. The Morgan fingerprint density at radius 3 is 2.56 bits per heavy atom. The lowest BCUT2D eigenvalue weighted by molar-refractivity contribution is 0.104. The highest BCUT2D eigenvalue weighted by Crippen LogP contribution is 2.47. The molecule has 0 N–H and O–H groups in total. The molecule has 1 fully saturated rings. The molecule has 2 aromatic carbocycles. The summed E-state index contributed by atoms with van der Waals surface area (Å²) in [5, 5.41) is 0. The number of hydrogen-bond donors (Lipinski definition) is 0. The molecule has 2 aliphatic rings. The summed E-state index contributed by atoms with van der Waals surface area (Å²) in [6.07, 6.45) is 4.53. The lowest BCUT2D eigenvalue weighted by Crippen LogP contribution is -2.25. The van der Waals surface area contributed by atoms with E-state index >= 15 is 0 Å². The standard InChI is InChI=1S/C23H27NO3/c1-3-7-16-14-18-22(20(15-16)26-2)21-17(23(18)25)8-6-9-19(21)27-13-12-24-10-4-5-11-24/h6,8-9,14-15H,3-5,7,10-13H2,1-2H3. The van der Waals surface area contributed by atoms with Crippen LogP contribution in [-0.2, 0) is 6.42 Å². The largest absolute Gasteiger partial charge is 0.496 e. The van der Waals surface area contributed by atoms with Crippen LogP contribution in [0.15, 0.2) is 30.3 Å². The first kappa shape index (κ1) is 18.1. The van der Waals surface area contributed by atoms with E-state index in [-0.39, 0.29) is 5.78 Å². The van der Waals surface area contributed by atoms with E-state index in [2.05, 4.69) is 17.9 Å². The molecule has 142 valence electrons. The van der Waals surface area contributed by atoms with Gasteiger partial charge >= 0.3 is 0 Å². The van der Waals surface area contributed by atoms with E-state index in [0.717, 1.165) is 71.8 Å². The van der Waals surface area contributed by atoms with Crippen molar-refractivity contribution >= 4 is 5.78 Å². The predicted octanol–water partition coefficient (Wildman–Crippen LogP) is 4.33. The summed E-state index contributed by atoms with van der Waals surface area (Å²) in [7, 11) is 1.67. The smallest absolute Gasteiger partial charge is 0.194 e. The highest BCUT2D eigenvalue weighted by molar-refractivity contribution is 6.23. The topological polar surface area (TPSA) is 38.8 Å². The van der Waals surface area contributed by atoms with Crippen LogP contribution < -0.4 is 9.47 Å². The minimum Gasteiger partial charge on any atom is -0.496 e. The molecule has 0 saturated carbocycles. The zero-order chi connectivity index (χ0) is 18.8. The van der Waals surface area contributed by atoms with Gasteiger partial charge in [0, 0.05) is 28.8 Å². The number of ketones is 1. The van der Waals surface area contributed by atoms with Crippen LogP contribution in [0.1, 0.15) is 47.7 Å². The van der Waals surface area contributed by atoms with E-state index < -0.39 is 0 Å². The number of carbonyl (C=O) groups is 1. The van der Waals surface area contributed by atoms with Crippen LogP contribution in [0.3, 0.4) is 0 Å². The molecule has 2 aromatic rings. The van der Waals surface area contributed by atoms with Crippen molar-refractivity contribution in [2.24, 2.45) is 0 Å². The molecule has 1 saturated heterocycles. The molecule has 1 heterocycles. The normalized spacial score (nSPS) is 15.7. The second-order valence-corrected chi connectivity index (χ2v) is 7.38. The van der Waals surface area contributed by atoms with Crippen LogP contribution in [0, 0.1) is 0 Å². The minimum atomic E-state index is 0.0706. The Morgan fingerprint density at radius 2 is 1.81 bits per heavy atom. The molecular formula is C23H27NO3. The molecule has 0 atom stereocenters. The summed E-state index contributed by atoms with van der Waals surface area (Å²) in [6, 6.07) is 9.85. The Hall–Kier alpha value is -2.33. The SMILES string of the molecule is CCCc1cc(OC)c2c(c1)C(=O)c1cccc(OCCN3CCCC3)c1-2. The van der Waals surface area contributed by atoms with Gasteiger partial charge < -0.3 is 9.47 Å². The first-order chi connectivity index (χ1) is 13.2. The van der Waals surface area contributed by atoms with E-state index in [0.29, 0.717) is 6.61 Å². The quantitative estimate of drug-likeness (QED) is 0.625. The Kier molecular flexibility index (Phi) is 5.17. The molecule has 0 aromatic heterocycles. The third kappa shape index (κ3) is 3.34. The lowest BCUT2D eigenvalue weighted by atomic mass is 9.99. The molecule has 0 radical (unpaired) electrons. The number of carbonyl (C=O) groups excluding carboxylic acids is 1. The Morgan fingerprint density at radius 1 is 1.04 bits per heavy atom. The molecule has 4 heteroatoms. The van der Waals surface area contributed by atoms with E-state index in [1.165, 1.54) is 12.8 Å². The van der Waals surface area contributed by atoms with Gasteiger partial charge in [0.2, 0.25) is 0 Å². The van der Waals surface area contributed by atoms with Crippen LogP contribution in [-0.4, -0.2) is 44.0 Å². The summed E-state index contributed by atoms with van der Waals surface area (Å²) in [5.74, 6) is 1.61. The maximum atomic E-state index is 13.0. The van der Waals surface area contributed by atoms with Crippen molar-refractivity contribution in [1.82, 2.24) is 4.90 Å². The number of benzene rings is 2. The van der Waals surface area contributed by atoms with Crippen molar-refractivity contribution in [1.29, 1.82) is 0 Å². The molecule has 4 nitrogen and oxygen atoms in total. The molecule has 27 heavy (non-hydrogen) atoms. The van der Waals surface area contributed by atoms with Crippen molar-refractivity contribution < 1.29 is 14.3 Å². The second-order valence-electron chi connectivity index (χ2n) is 7.38. The molecular weight excluding hydrogens is 338 g/mol. The minimum absolute atomic E-state index is 0.0706. The highest BCUT2D eigenvalue weighted by atomic mass is 16.5. The number of nitrogens with zero attached hydrogens (tertiary/aromatic N) is 1. The third-order valence-electron chi connectivity index (χ3n) is 5.55. The van der Waals surface area contributed by atoms with E-state index in [1.54, 1.807) is 7.11 Å². The number of ether oxygens (including phenoxy) is 2. The molecule has 1 aliphatic carbocycles. The van der Waals surface area contributed by atoms with Gasteiger partial charge in [0.05, 0.1) is 7.11 Å². The number of aryl methyl sites for hydroxylation is 1. The van der Waals surface area contributed by atoms with Gasteiger partial charge in [-0.2, -0.15) is 0 Å². The van der Waals surface area contributed by atoms with Gasteiger partial charge in [-0.1, -0.05) is 25.5 Å². The van der Waals surface area contributed by atoms with Gasteiger partial charge in [-0.3, -0.25) is 9.69 Å². The average Bonchev–Trinajstić information content (AvgIpc) is 3.29. The van der Waals surface area contributed by atoms with Crippen molar-refractivity contribution in [2.45, 2.75) is 32.6 Å². The zero-order valence-corrected chi connectivity index (χ0v) is 16.2. The van der Waals surface area contributed by atoms with Crippen LogP contribution >= 0.6 is 0 Å². The maximum Gasteiger partial charge on any atom is 0.194 e. The van der Waals surface area contributed by atoms with E-state index in [4.69, 9.17) is 9.47 Å². The molecule has 0 spiro atoms. The molecule has 1 aliphatic heterocycles. The van der Waals surface area contributed by atoms with Crippen LogP contribution in [0.4, 0.5) is 0 Å². The fourth-order valence-corrected chi connectivity index (χ4v) is 4.24. The Labute approximate surface area is 161 Å². The van der Waals surface area contributed by atoms with Crippen molar-refractivity contribution in [3.8, 4) is 22.6 Å². The number of rotatable bonds is 7. The predicted molar refractivity (Wildman–Crippen MR) is 107 cm³/mol. The fourth-order valence-electron chi connectivity index (χ4n) is 4.24. The highest BCUT2D eigenvalue weighted by Gasteiger charge is 2.33. The molecule has 0 unspecified atom stereocenters. The Balaban J connectivity index is 1.67. The van der Waals surface area contributed by atoms with Crippen LogP contribution in [0.2, 0.25) is 0 Å². The summed E-state index contributed by atoms with van der Waals surface area (Å²) < 4.78 is 11.8. The fraction of sp³-hybridized carbons (Fsp3) is 0.435. The number of fused-ring (bicyclic) bond motifs is 3. The maximum absolute atomic E-state index is 13.0. The summed E-state index contributed by atoms with van der Waals surface area (Å²) in [4.78, 5) is 15.5. The van der Waals surface area contributed by atoms with Crippen LogP contribution in [0.5, 0.6) is 11.5 Å². The zero-order valence-electron chi connectivity index (χ0n) is 16.2. The number of likely N-dealkylation sites (tertiary alicyclic amines) is 1. The van der Waals surface area contributed by atoms with Gasteiger partial charge in [0.15, 0.2) is 5.78 Å². The summed E-state index contributed by atoms with van der Waals surface area (Å²) in [5.41, 5.74) is 4.37. The van der Waals surface area contributed by atoms with Crippen LogP contribution in [0.25, 0.3) is 11.1 Å². The lowest BCUT2D eigenvalue weighted by Gasteiger charge is -2.17. The summed E-state index contributed by atoms with van der Waals surface area (Å²) >= 11 is 0. The van der Waals surface area contributed by atoms with Gasteiger partial charge in [-0.05, 0) is 56.1 Å². The number of hydrogen-bond acceptors (Lipinski definition) is 4. The first-order valence-corrected chi connectivity index (χ1v) is 9.97. The molecule has 0 amide bonds. The van der Waals surface area contributed by atoms with Gasteiger partial charge in [-0.15, -0.1) is 0 Å². The van der Waals surface area contributed by atoms with Crippen molar-refractivity contribution in [3.05, 3.63) is 47.0 Å². The van der Waals surface area contributed by atoms with Gasteiger partial charge in [0.1, 0.15) is 18.1 Å². The first-order valence-electron chi connectivity index (χ1n) is 9.97.